The van der Waals surface area contributed by atoms with Crippen molar-refractivity contribution in [2.24, 2.45) is 0 Å². The van der Waals surface area contributed by atoms with Crippen LogP contribution in [-0.4, -0.2) is 4.98 Å². The first-order valence-corrected chi connectivity index (χ1v) is 4.74. The summed E-state index contributed by atoms with van der Waals surface area (Å²) < 4.78 is 0. The maximum absolute atomic E-state index is 3.72. The van der Waals surface area contributed by atoms with E-state index in [0.717, 1.165) is 6.42 Å². The quantitative estimate of drug-likeness (QED) is 0.702. The molecule has 1 heteroatoms. The van der Waals surface area contributed by atoms with Crippen LogP contribution in [0.25, 0.3) is 11.3 Å². The van der Waals surface area contributed by atoms with E-state index in [-0.39, 0.29) is 0 Å². The van der Waals surface area contributed by atoms with E-state index in [1.807, 2.05) is 24.3 Å². The number of H-pyrrole nitrogens is 1. The Bertz CT molecular complexity index is 412. The molecule has 1 aromatic heterocycles. The molecule has 1 heterocycles. The molecule has 0 atom stereocenters. The van der Waals surface area contributed by atoms with Crippen LogP contribution in [0.3, 0.4) is 0 Å². The molecule has 0 unspecified atom stereocenters. The molecule has 1 nitrogen and oxygen atoms in total. The number of aromatic nitrogens is 1. The number of rotatable bonds is 3. The second-order valence-electron chi connectivity index (χ2n) is 3.26. The lowest BCUT2D eigenvalue weighted by molar-refractivity contribution is 1.16. The Kier molecular flexibility index (Phi) is 2.50. The lowest BCUT2D eigenvalue weighted by Crippen LogP contribution is -1.80. The summed E-state index contributed by atoms with van der Waals surface area (Å²) in [5, 5.41) is 0. The summed E-state index contributed by atoms with van der Waals surface area (Å²) in [7, 11) is 0. The van der Waals surface area contributed by atoms with Crippen LogP contribution >= 0.6 is 0 Å². The van der Waals surface area contributed by atoms with Gasteiger partial charge in [-0.05, 0) is 17.7 Å². The van der Waals surface area contributed by atoms with Gasteiger partial charge < -0.3 is 4.98 Å². The minimum absolute atomic E-state index is 0.896. The highest BCUT2D eigenvalue weighted by Gasteiger charge is 1.98. The maximum atomic E-state index is 3.72. The van der Waals surface area contributed by atoms with Crippen LogP contribution in [0.15, 0.2) is 55.1 Å². The fourth-order valence-corrected chi connectivity index (χ4v) is 1.50. The lowest BCUT2D eigenvalue weighted by Gasteiger charge is -1.96. The largest absolute Gasteiger partial charge is 0.358 e. The fourth-order valence-electron chi connectivity index (χ4n) is 1.50. The van der Waals surface area contributed by atoms with Crippen LogP contribution in [0.5, 0.6) is 0 Å². The number of nitrogens with one attached hydrogen (secondary N) is 1. The summed E-state index contributed by atoms with van der Waals surface area (Å²) in [4.78, 5) is 3.36. The molecule has 0 aliphatic rings. The van der Waals surface area contributed by atoms with Gasteiger partial charge in [0.05, 0.1) is 0 Å². The minimum Gasteiger partial charge on any atom is -0.358 e. The molecule has 0 saturated heterocycles. The second kappa shape index (κ2) is 3.97. The van der Waals surface area contributed by atoms with Gasteiger partial charge in [0, 0.05) is 17.8 Å². The van der Waals surface area contributed by atoms with Gasteiger partial charge in [-0.2, -0.15) is 0 Å². The molecule has 0 spiro atoms. The molecule has 0 aliphatic carbocycles. The molecule has 2 aromatic rings. The molecule has 0 fully saturated rings. The van der Waals surface area contributed by atoms with Crippen molar-refractivity contribution in [3.63, 3.8) is 0 Å². The van der Waals surface area contributed by atoms with Gasteiger partial charge in [-0.1, -0.05) is 36.4 Å². The highest BCUT2D eigenvalue weighted by molar-refractivity contribution is 5.59. The molecule has 0 aliphatic heterocycles. The Morgan fingerprint density at radius 1 is 1.07 bits per heavy atom. The van der Waals surface area contributed by atoms with Crippen LogP contribution in [0.2, 0.25) is 0 Å². The van der Waals surface area contributed by atoms with Gasteiger partial charge >= 0.3 is 0 Å². The maximum Gasteiger partial charge on any atom is 0.0456 e. The van der Waals surface area contributed by atoms with Crippen molar-refractivity contribution in [2.75, 3.05) is 0 Å². The van der Waals surface area contributed by atoms with E-state index in [1.165, 1.54) is 17.0 Å². The average Bonchev–Trinajstić information content (AvgIpc) is 2.68. The summed E-state index contributed by atoms with van der Waals surface area (Å²) in [6, 6.07) is 14.5. The van der Waals surface area contributed by atoms with Gasteiger partial charge in [-0.15, -0.1) is 6.58 Å². The average molecular weight is 183 g/mol. The van der Waals surface area contributed by atoms with E-state index >= 15 is 0 Å². The fraction of sp³-hybridized carbons (Fsp3) is 0.0769. The van der Waals surface area contributed by atoms with E-state index in [4.69, 9.17) is 0 Å². The van der Waals surface area contributed by atoms with Crippen LogP contribution in [0.4, 0.5) is 0 Å². The highest BCUT2D eigenvalue weighted by atomic mass is 14.7. The Morgan fingerprint density at radius 3 is 2.57 bits per heavy atom. The zero-order valence-corrected chi connectivity index (χ0v) is 8.03. The van der Waals surface area contributed by atoms with Gasteiger partial charge in [0.1, 0.15) is 0 Å². The summed E-state index contributed by atoms with van der Waals surface area (Å²) >= 11 is 0. The number of hydrogen-bond donors (Lipinski definition) is 1. The first-order chi connectivity index (χ1) is 6.90. The van der Waals surface area contributed by atoms with E-state index in [1.54, 1.807) is 0 Å². The van der Waals surface area contributed by atoms with Gasteiger partial charge in [0.2, 0.25) is 0 Å². The predicted octanol–water partition coefficient (Wildman–Crippen LogP) is 3.41. The molecular formula is C13H13N. The standard InChI is InChI=1S/C13H13N/c1-2-6-12-9-10-13(14-12)11-7-4-3-5-8-11/h2-5,7-10,14H,1,6H2. The van der Waals surface area contributed by atoms with Crippen LogP contribution in [-0.2, 0) is 6.42 Å². The van der Waals surface area contributed by atoms with Crippen LogP contribution in [0, 0.1) is 0 Å². The molecule has 0 amide bonds. The second-order valence-corrected chi connectivity index (χ2v) is 3.26. The number of benzene rings is 1. The van der Waals surface area contributed by atoms with Crippen LogP contribution in [0.1, 0.15) is 5.69 Å². The summed E-state index contributed by atoms with van der Waals surface area (Å²) in [5.74, 6) is 0. The van der Waals surface area contributed by atoms with Crippen molar-refractivity contribution in [3.05, 3.63) is 60.8 Å². The molecular weight excluding hydrogens is 170 g/mol. The topological polar surface area (TPSA) is 15.8 Å². The highest BCUT2D eigenvalue weighted by Crippen LogP contribution is 2.17. The summed E-state index contributed by atoms with van der Waals surface area (Å²) in [6.45, 7) is 3.72. The Labute approximate surface area is 84.1 Å². The van der Waals surface area contributed by atoms with Crippen molar-refractivity contribution in [2.45, 2.75) is 6.42 Å². The van der Waals surface area contributed by atoms with E-state index in [0.29, 0.717) is 0 Å². The molecule has 0 radical (unpaired) electrons. The lowest BCUT2D eigenvalue weighted by atomic mass is 10.2. The Hall–Kier alpha value is -1.76. The van der Waals surface area contributed by atoms with E-state index in [9.17, 15) is 0 Å². The molecule has 0 saturated carbocycles. The first kappa shape index (κ1) is 8.82. The van der Waals surface area contributed by atoms with Crippen molar-refractivity contribution in [3.8, 4) is 11.3 Å². The van der Waals surface area contributed by atoms with Crippen molar-refractivity contribution >= 4 is 0 Å². The molecule has 70 valence electrons. The molecule has 1 aromatic carbocycles. The van der Waals surface area contributed by atoms with Gasteiger partial charge in [-0.25, -0.2) is 0 Å². The molecule has 2 rings (SSSR count). The Morgan fingerprint density at radius 2 is 1.86 bits per heavy atom. The van der Waals surface area contributed by atoms with E-state index in [2.05, 4.69) is 35.8 Å². The summed E-state index contributed by atoms with van der Waals surface area (Å²) in [6.07, 6.45) is 2.80. The van der Waals surface area contributed by atoms with Crippen LogP contribution < -0.4 is 0 Å². The van der Waals surface area contributed by atoms with Crippen molar-refractivity contribution in [1.29, 1.82) is 0 Å². The number of allylic oxidation sites excluding steroid dienone is 1. The van der Waals surface area contributed by atoms with E-state index < -0.39 is 0 Å². The SMILES string of the molecule is C=CCc1ccc(-c2ccccc2)[nH]1. The third-order valence-electron chi connectivity index (χ3n) is 2.20. The molecule has 1 N–H and O–H groups in total. The Balaban J connectivity index is 2.29. The van der Waals surface area contributed by atoms with Gasteiger partial charge in [0.25, 0.3) is 0 Å². The third kappa shape index (κ3) is 1.77. The molecule has 0 bridgehead atoms. The van der Waals surface area contributed by atoms with Gasteiger partial charge in [-0.3, -0.25) is 0 Å². The number of hydrogen-bond acceptors (Lipinski definition) is 0. The number of aromatic amines is 1. The zero-order chi connectivity index (χ0) is 9.80. The predicted molar refractivity (Wildman–Crippen MR) is 60.1 cm³/mol. The zero-order valence-electron chi connectivity index (χ0n) is 8.03. The minimum atomic E-state index is 0.896. The summed E-state index contributed by atoms with van der Waals surface area (Å²) in [5.41, 5.74) is 3.60. The third-order valence-corrected chi connectivity index (χ3v) is 2.20. The molecule has 14 heavy (non-hydrogen) atoms. The van der Waals surface area contributed by atoms with Crippen molar-refractivity contribution < 1.29 is 0 Å². The van der Waals surface area contributed by atoms with Gasteiger partial charge in [0.15, 0.2) is 0 Å². The smallest absolute Gasteiger partial charge is 0.0456 e. The van der Waals surface area contributed by atoms with Crippen molar-refractivity contribution in [1.82, 2.24) is 4.98 Å². The monoisotopic (exact) mass is 183 g/mol. The first-order valence-electron chi connectivity index (χ1n) is 4.74. The normalized spacial score (nSPS) is 10.0.